The smallest absolute Gasteiger partial charge is 0.264 e. The van der Waals surface area contributed by atoms with Crippen molar-refractivity contribution in [1.82, 2.24) is 0 Å². The number of carbonyl (C=O) groups excluding carboxylic acids is 2. The summed E-state index contributed by atoms with van der Waals surface area (Å²) in [7, 11) is 0. The third kappa shape index (κ3) is 3.26. The first kappa shape index (κ1) is 18.9. The monoisotopic (exact) mass is 411 g/mol. The highest BCUT2D eigenvalue weighted by Crippen LogP contribution is 2.43. The highest BCUT2D eigenvalue weighted by atomic mass is 35.5. The van der Waals surface area contributed by atoms with E-state index in [0.29, 0.717) is 27.7 Å². The van der Waals surface area contributed by atoms with Crippen molar-refractivity contribution in [3.05, 3.63) is 86.6 Å². The number of carbonyl (C=O) groups is 2. The fourth-order valence-electron chi connectivity index (χ4n) is 3.51. The van der Waals surface area contributed by atoms with Gasteiger partial charge in [-0.1, -0.05) is 41.9 Å². The first-order valence-corrected chi connectivity index (χ1v) is 10.1. The van der Waals surface area contributed by atoms with Crippen molar-refractivity contribution < 1.29 is 14.7 Å². The number of aliphatic hydroxyl groups is 1. The lowest BCUT2D eigenvalue weighted by Gasteiger charge is -2.22. The summed E-state index contributed by atoms with van der Waals surface area (Å²) in [5.74, 6) is -0.720. The number of hydrogen-bond donors (Lipinski definition) is 1. The molecule has 0 spiro atoms. The van der Waals surface area contributed by atoms with E-state index in [1.807, 2.05) is 31.2 Å². The first-order valence-electron chi connectivity index (χ1n) is 8.86. The third-order valence-corrected chi connectivity index (χ3v) is 6.22. The second-order valence-electron chi connectivity index (χ2n) is 6.91. The van der Waals surface area contributed by atoms with Gasteiger partial charge in [-0.15, -0.1) is 11.3 Å². The highest BCUT2D eigenvalue weighted by molar-refractivity contribution is 7.14. The van der Waals surface area contributed by atoms with E-state index in [4.69, 9.17) is 11.6 Å². The lowest BCUT2D eigenvalue weighted by molar-refractivity contribution is -0.136. The molecule has 1 amide bonds. The largest absolute Gasteiger partial charge is 0.375 e. The van der Waals surface area contributed by atoms with Crippen molar-refractivity contribution in [3.8, 4) is 0 Å². The fraction of sp³-hybridized carbons (Fsp3) is 0.182. The molecule has 1 atom stereocenters. The van der Waals surface area contributed by atoms with Gasteiger partial charge in [-0.05, 0) is 42.8 Å². The zero-order valence-electron chi connectivity index (χ0n) is 15.2. The molecule has 0 saturated heterocycles. The zero-order valence-corrected chi connectivity index (χ0v) is 16.8. The van der Waals surface area contributed by atoms with Crippen LogP contribution in [-0.2, 0) is 16.9 Å². The number of amides is 1. The summed E-state index contributed by atoms with van der Waals surface area (Å²) in [5.41, 5.74) is 0.116. The molecule has 28 heavy (non-hydrogen) atoms. The molecule has 0 bridgehead atoms. The summed E-state index contributed by atoms with van der Waals surface area (Å²) in [6.07, 6.45) is -0.278. The third-order valence-electron chi connectivity index (χ3n) is 4.92. The Morgan fingerprint density at radius 1 is 1.11 bits per heavy atom. The fourth-order valence-corrected chi connectivity index (χ4v) is 4.44. The van der Waals surface area contributed by atoms with E-state index >= 15 is 0 Å². The van der Waals surface area contributed by atoms with Crippen LogP contribution >= 0.6 is 22.9 Å². The molecule has 1 aromatic heterocycles. The van der Waals surface area contributed by atoms with E-state index in [1.165, 1.54) is 16.2 Å². The van der Waals surface area contributed by atoms with Gasteiger partial charge in [-0.25, -0.2) is 0 Å². The Hall–Kier alpha value is -2.47. The molecule has 4 nitrogen and oxygen atoms in total. The van der Waals surface area contributed by atoms with Crippen molar-refractivity contribution in [1.29, 1.82) is 0 Å². The molecule has 2 heterocycles. The number of thiophene rings is 1. The number of para-hydroxylation sites is 1. The molecular formula is C22H18ClNO3S. The van der Waals surface area contributed by atoms with Gasteiger partial charge < -0.3 is 10.0 Å². The van der Waals surface area contributed by atoms with Gasteiger partial charge in [-0.2, -0.15) is 0 Å². The number of halogens is 1. The summed E-state index contributed by atoms with van der Waals surface area (Å²) in [5, 5.41) is 11.9. The predicted octanol–water partition coefficient (Wildman–Crippen LogP) is 4.72. The minimum Gasteiger partial charge on any atom is -0.375 e. The Bertz CT molecular complexity index is 1060. The van der Waals surface area contributed by atoms with Gasteiger partial charge in [0.25, 0.3) is 5.91 Å². The first-order chi connectivity index (χ1) is 13.4. The standard InChI is InChI=1S/C22H18ClNO3S/c1-14-6-11-20(28-14)19(25)12-22(27)17-4-2-3-5-18(17)24(21(22)26)13-15-7-9-16(23)10-8-15/h2-11,27H,12-13H2,1H3. The molecule has 4 rings (SSSR count). The van der Waals surface area contributed by atoms with Crippen molar-refractivity contribution in [2.24, 2.45) is 0 Å². The topological polar surface area (TPSA) is 57.6 Å². The molecule has 2 aromatic carbocycles. The minimum atomic E-state index is -1.86. The minimum absolute atomic E-state index is 0.239. The van der Waals surface area contributed by atoms with Crippen molar-refractivity contribution in [2.45, 2.75) is 25.5 Å². The van der Waals surface area contributed by atoms with E-state index in [9.17, 15) is 14.7 Å². The van der Waals surface area contributed by atoms with Crippen molar-refractivity contribution in [3.63, 3.8) is 0 Å². The second kappa shape index (κ2) is 7.17. The van der Waals surface area contributed by atoms with Gasteiger partial charge in [0.2, 0.25) is 0 Å². The Morgan fingerprint density at radius 2 is 1.82 bits per heavy atom. The summed E-state index contributed by atoms with van der Waals surface area (Å²) < 4.78 is 0. The average Bonchev–Trinajstić information content (AvgIpc) is 3.20. The zero-order chi connectivity index (χ0) is 19.9. The van der Waals surface area contributed by atoms with Crippen LogP contribution in [0.15, 0.2) is 60.7 Å². The van der Waals surface area contributed by atoms with Crippen LogP contribution in [0.1, 0.15) is 32.1 Å². The number of nitrogens with zero attached hydrogens (tertiary/aromatic N) is 1. The van der Waals surface area contributed by atoms with Crippen LogP contribution in [0.3, 0.4) is 0 Å². The molecule has 0 fully saturated rings. The Morgan fingerprint density at radius 3 is 2.50 bits per heavy atom. The molecule has 0 radical (unpaired) electrons. The predicted molar refractivity (Wildman–Crippen MR) is 111 cm³/mol. The molecule has 6 heteroatoms. The molecule has 0 saturated carbocycles. The maximum Gasteiger partial charge on any atom is 0.264 e. The van der Waals surface area contributed by atoms with Gasteiger partial charge in [0.1, 0.15) is 0 Å². The van der Waals surface area contributed by atoms with Gasteiger partial charge in [0.15, 0.2) is 11.4 Å². The van der Waals surface area contributed by atoms with Crippen molar-refractivity contribution in [2.75, 3.05) is 4.90 Å². The highest BCUT2D eigenvalue weighted by Gasteiger charge is 2.50. The number of fused-ring (bicyclic) bond motifs is 1. The lowest BCUT2D eigenvalue weighted by atomic mass is 9.89. The number of hydrogen-bond acceptors (Lipinski definition) is 4. The molecule has 3 aromatic rings. The number of rotatable bonds is 5. The van der Waals surface area contributed by atoms with Crippen LogP contribution in [-0.4, -0.2) is 16.8 Å². The second-order valence-corrected chi connectivity index (χ2v) is 8.63. The average molecular weight is 412 g/mol. The molecule has 1 N–H and O–H groups in total. The van der Waals surface area contributed by atoms with Crippen molar-refractivity contribution >= 4 is 40.3 Å². The van der Waals surface area contributed by atoms with Crippen LogP contribution < -0.4 is 4.90 Å². The van der Waals surface area contributed by atoms with Crippen LogP contribution in [0.2, 0.25) is 5.02 Å². The summed E-state index contributed by atoms with van der Waals surface area (Å²) >= 11 is 7.31. The molecule has 0 aliphatic carbocycles. The summed E-state index contributed by atoms with van der Waals surface area (Å²) in [4.78, 5) is 29.1. The molecular weight excluding hydrogens is 394 g/mol. The number of ketones is 1. The van der Waals surface area contributed by atoms with Crippen LogP contribution in [0, 0.1) is 6.92 Å². The van der Waals surface area contributed by atoms with E-state index in [1.54, 1.807) is 36.4 Å². The van der Waals surface area contributed by atoms with Crippen LogP contribution in [0.25, 0.3) is 0 Å². The SMILES string of the molecule is Cc1ccc(C(=O)CC2(O)C(=O)N(Cc3ccc(Cl)cc3)c3ccccc32)s1. The normalized spacial score (nSPS) is 18.4. The molecule has 142 valence electrons. The lowest BCUT2D eigenvalue weighted by Crippen LogP contribution is -2.41. The van der Waals surface area contributed by atoms with E-state index in [0.717, 1.165) is 10.4 Å². The number of Topliss-reactive ketones (excluding diaryl/α,β-unsaturated/α-hetero) is 1. The van der Waals surface area contributed by atoms with E-state index in [-0.39, 0.29) is 12.2 Å². The van der Waals surface area contributed by atoms with Crippen LogP contribution in [0.5, 0.6) is 0 Å². The maximum atomic E-state index is 13.2. The maximum absolute atomic E-state index is 13.2. The number of anilines is 1. The quantitative estimate of drug-likeness (QED) is 0.618. The van der Waals surface area contributed by atoms with E-state index in [2.05, 4.69) is 0 Å². The Kier molecular flexibility index (Phi) is 4.83. The van der Waals surface area contributed by atoms with Gasteiger partial charge in [-0.3, -0.25) is 9.59 Å². The molecule has 1 aliphatic rings. The number of benzene rings is 2. The summed E-state index contributed by atoms with van der Waals surface area (Å²) in [6.45, 7) is 2.21. The van der Waals surface area contributed by atoms with E-state index < -0.39 is 11.5 Å². The van der Waals surface area contributed by atoms with Gasteiger partial charge >= 0.3 is 0 Å². The summed E-state index contributed by atoms with van der Waals surface area (Å²) in [6, 6.07) is 17.9. The van der Waals surface area contributed by atoms with Gasteiger partial charge in [0, 0.05) is 15.5 Å². The van der Waals surface area contributed by atoms with Crippen LogP contribution in [0.4, 0.5) is 5.69 Å². The Labute approximate surface area is 172 Å². The van der Waals surface area contributed by atoms with Gasteiger partial charge in [0.05, 0.1) is 23.5 Å². The Balaban J connectivity index is 1.67. The number of aryl methyl sites for hydroxylation is 1. The molecule has 1 unspecified atom stereocenters. The molecule has 1 aliphatic heterocycles.